The van der Waals surface area contributed by atoms with Crippen molar-refractivity contribution in [3.63, 3.8) is 0 Å². The molecular weight excluding hydrogens is 408 g/mol. The third-order valence-corrected chi connectivity index (χ3v) is 7.44. The summed E-state index contributed by atoms with van der Waals surface area (Å²) in [5.74, 6) is -0.125. The normalized spacial score (nSPS) is 16.0. The van der Waals surface area contributed by atoms with Crippen molar-refractivity contribution in [1.29, 1.82) is 0 Å². The van der Waals surface area contributed by atoms with Gasteiger partial charge in [-0.25, -0.2) is 12.7 Å². The summed E-state index contributed by atoms with van der Waals surface area (Å²) in [5, 5.41) is 0.526. The van der Waals surface area contributed by atoms with Crippen LogP contribution in [0.25, 0.3) is 0 Å². The number of hydrogen-bond acceptors (Lipinski definition) is 3. The van der Waals surface area contributed by atoms with Crippen LogP contribution in [0.1, 0.15) is 29.5 Å². The van der Waals surface area contributed by atoms with E-state index >= 15 is 0 Å². The maximum Gasteiger partial charge on any atom is 0.225 e. The monoisotopic (exact) mass is 434 g/mol. The molecule has 0 aliphatic carbocycles. The maximum absolute atomic E-state index is 12.8. The Morgan fingerprint density at radius 1 is 1.10 bits per heavy atom. The molecule has 1 aliphatic rings. The summed E-state index contributed by atoms with van der Waals surface area (Å²) < 4.78 is 27.0. The van der Waals surface area contributed by atoms with E-state index in [1.807, 2.05) is 38.2 Å². The number of aryl methyl sites for hydroxylation is 1. The Morgan fingerprint density at radius 2 is 1.76 bits per heavy atom. The van der Waals surface area contributed by atoms with Crippen LogP contribution in [-0.4, -0.2) is 43.7 Å². The van der Waals surface area contributed by atoms with E-state index in [4.69, 9.17) is 11.6 Å². The molecule has 0 saturated carbocycles. The second-order valence-corrected chi connectivity index (χ2v) is 10.1. The largest absolute Gasteiger partial charge is 0.341 e. The molecule has 1 amide bonds. The molecule has 1 heterocycles. The Kier molecular flexibility index (Phi) is 6.98. The van der Waals surface area contributed by atoms with Gasteiger partial charge in [-0.05, 0) is 43.0 Å². The van der Waals surface area contributed by atoms with Crippen molar-refractivity contribution in [1.82, 2.24) is 9.21 Å². The highest BCUT2D eigenvalue weighted by Gasteiger charge is 2.32. The van der Waals surface area contributed by atoms with Crippen LogP contribution in [0.2, 0.25) is 5.02 Å². The number of rotatable bonds is 6. The molecule has 0 radical (unpaired) electrons. The number of nitrogens with zero attached hydrogens (tertiary/aromatic N) is 2. The van der Waals surface area contributed by atoms with Gasteiger partial charge in [0.1, 0.15) is 0 Å². The van der Waals surface area contributed by atoms with E-state index in [1.54, 1.807) is 29.2 Å². The van der Waals surface area contributed by atoms with Crippen molar-refractivity contribution in [3.05, 3.63) is 70.2 Å². The summed E-state index contributed by atoms with van der Waals surface area (Å²) in [6.07, 6.45) is 1.09. The van der Waals surface area contributed by atoms with Crippen molar-refractivity contribution in [2.24, 2.45) is 5.92 Å². The molecule has 3 rings (SSSR count). The van der Waals surface area contributed by atoms with Crippen molar-refractivity contribution in [2.75, 3.05) is 20.1 Å². The smallest absolute Gasteiger partial charge is 0.225 e. The van der Waals surface area contributed by atoms with E-state index in [0.717, 1.165) is 5.56 Å². The zero-order chi connectivity index (χ0) is 21.0. The molecule has 2 aromatic rings. The number of halogens is 1. The van der Waals surface area contributed by atoms with E-state index in [1.165, 1.54) is 9.87 Å². The average molecular weight is 435 g/mol. The first-order valence-corrected chi connectivity index (χ1v) is 11.8. The molecular formula is C22H27ClN2O3S. The third kappa shape index (κ3) is 5.81. The van der Waals surface area contributed by atoms with Crippen LogP contribution >= 0.6 is 11.6 Å². The Bertz CT molecular complexity index is 952. The summed E-state index contributed by atoms with van der Waals surface area (Å²) in [6, 6.07) is 15.1. The van der Waals surface area contributed by atoms with Crippen LogP contribution in [0.4, 0.5) is 0 Å². The minimum absolute atomic E-state index is 0.0699. The van der Waals surface area contributed by atoms with Gasteiger partial charge in [-0.2, -0.15) is 0 Å². The minimum atomic E-state index is -3.43. The van der Waals surface area contributed by atoms with Crippen LogP contribution in [0.3, 0.4) is 0 Å². The predicted octanol–water partition coefficient (Wildman–Crippen LogP) is 3.85. The molecule has 0 unspecified atom stereocenters. The van der Waals surface area contributed by atoms with Gasteiger partial charge < -0.3 is 4.90 Å². The molecule has 29 heavy (non-hydrogen) atoms. The number of hydrogen-bond donors (Lipinski definition) is 0. The van der Waals surface area contributed by atoms with Crippen LogP contribution < -0.4 is 0 Å². The van der Waals surface area contributed by atoms with Crippen LogP contribution in [-0.2, 0) is 27.1 Å². The molecule has 7 heteroatoms. The number of piperidine rings is 1. The molecule has 5 nitrogen and oxygen atoms in total. The van der Waals surface area contributed by atoms with Crippen molar-refractivity contribution < 1.29 is 13.2 Å². The zero-order valence-electron chi connectivity index (χ0n) is 16.8. The molecule has 0 aromatic heterocycles. The molecule has 156 valence electrons. The Hall–Kier alpha value is -1.89. The van der Waals surface area contributed by atoms with Crippen molar-refractivity contribution >= 4 is 27.5 Å². The molecule has 1 fully saturated rings. The van der Waals surface area contributed by atoms with Gasteiger partial charge in [0.25, 0.3) is 0 Å². The van der Waals surface area contributed by atoms with Gasteiger partial charge in [-0.15, -0.1) is 0 Å². The van der Waals surface area contributed by atoms with Crippen LogP contribution in [0.5, 0.6) is 0 Å². The summed E-state index contributed by atoms with van der Waals surface area (Å²) in [6.45, 7) is 3.34. The molecule has 2 aromatic carbocycles. The van der Waals surface area contributed by atoms with Gasteiger partial charge in [0.2, 0.25) is 15.9 Å². The highest BCUT2D eigenvalue weighted by atomic mass is 35.5. The van der Waals surface area contributed by atoms with Gasteiger partial charge in [-0.3, -0.25) is 4.79 Å². The fraction of sp³-hybridized carbons (Fsp3) is 0.409. The van der Waals surface area contributed by atoms with Gasteiger partial charge >= 0.3 is 0 Å². The van der Waals surface area contributed by atoms with Crippen LogP contribution in [0, 0.1) is 12.8 Å². The lowest BCUT2D eigenvalue weighted by atomic mass is 9.96. The number of carbonyl (C=O) groups is 1. The SMILES string of the molecule is Cc1ccc(CN(C)C(=O)C2CCN(S(=O)(=O)Cc3cccc(Cl)c3)CC2)cc1. The summed E-state index contributed by atoms with van der Waals surface area (Å²) in [5.41, 5.74) is 2.95. The first kappa shape index (κ1) is 21.8. The highest BCUT2D eigenvalue weighted by Crippen LogP contribution is 2.24. The average Bonchev–Trinajstić information content (AvgIpc) is 2.69. The Labute approximate surface area is 178 Å². The minimum Gasteiger partial charge on any atom is -0.341 e. The topological polar surface area (TPSA) is 57.7 Å². The van der Waals surface area contributed by atoms with E-state index in [2.05, 4.69) is 0 Å². The Balaban J connectivity index is 1.54. The number of amides is 1. The fourth-order valence-corrected chi connectivity index (χ4v) is 5.43. The van der Waals surface area contributed by atoms with Gasteiger partial charge in [0.15, 0.2) is 0 Å². The summed E-state index contributed by atoms with van der Waals surface area (Å²) in [4.78, 5) is 14.5. The third-order valence-electron chi connectivity index (χ3n) is 5.35. The lowest BCUT2D eigenvalue weighted by Gasteiger charge is -2.32. The first-order valence-electron chi connectivity index (χ1n) is 9.77. The standard InChI is InChI=1S/C22H27ClN2O3S/c1-17-6-8-18(9-7-17)15-24(2)22(26)20-10-12-25(13-11-20)29(27,28)16-19-4-3-5-21(23)14-19/h3-9,14,20H,10-13,15-16H2,1-2H3. The number of benzene rings is 2. The molecule has 0 bridgehead atoms. The lowest BCUT2D eigenvalue weighted by molar-refractivity contribution is -0.135. The molecule has 0 N–H and O–H groups in total. The molecule has 0 spiro atoms. The second-order valence-electron chi connectivity index (χ2n) is 7.74. The zero-order valence-corrected chi connectivity index (χ0v) is 18.4. The quantitative estimate of drug-likeness (QED) is 0.693. The van der Waals surface area contributed by atoms with E-state index in [-0.39, 0.29) is 17.6 Å². The van der Waals surface area contributed by atoms with Gasteiger partial charge in [0.05, 0.1) is 5.75 Å². The Morgan fingerprint density at radius 3 is 2.38 bits per heavy atom. The first-order chi connectivity index (χ1) is 13.7. The molecule has 1 aliphatic heterocycles. The van der Waals surface area contributed by atoms with E-state index in [0.29, 0.717) is 43.1 Å². The summed E-state index contributed by atoms with van der Waals surface area (Å²) in [7, 11) is -1.62. The van der Waals surface area contributed by atoms with Gasteiger partial charge in [-0.1, -0.05) is 53.6 Å². The second kappa shape index (κ2) is 9.28. The lowest BCUT2D eigenvalue weighted by Crippen LogP contribution is -2.43. The predicted molar refractivity (Wildman–Crippen MR) is 116 cm³/mol. The van der Waals surface area contributed by atoms with Crippen molar-refractivity contribution in [2.45, 2.75) is 32.1 Å². The van der Waals surface area contributed by atoms with Gasteiger partial charge in [0, 0.05) is 37.6 Å². The van der Waals surface area contributed by atoms with E-state index < -0.39 is 10.0 Å². The fourth-order valence-electron chi connectivity index (χ4n) is 3.67. The molecule has 0 atom stereocenters. The maximum atomic E-state index is 12.8. The highest BCUT2D eigenvalue weighted by molar-refractivity contribution is 7.88. The van der Waals surface area contributed by atoms with E-state index in [9.17, 15) is 13.2 Å². The number of carbonyl (C=O) groups excluding carboxylic acids is 1. The number of sulfonamides is 1. The molecule has 1 saturated heterocycles. The summed E-state index contributed by atoms with van der Waals surface area (Å²) >= 11 is 5.96. The van der Waals surface area contributed by atoms with Crippen molar-refractivity contribution in [3.8, 4) is 0 Å². The van der Waals surface area contributed by atoms with Crippen LogP contribution in [0.15, 0.2) is 48.5 Å².